The summed E-state index contributed by atoms with van der Waals surface area (Å²) in [6, 6.07) is 21.3. The minimum atomic E-state index is -4.96. The summed E-state index contributed by atoms with van der Waals surface area (Å²) in [5.74, 6) is -0.682. The van der Waals surface area contributed by atoms with E-state index in [2.05, 4.69) is 59.7 Å². The van der Waals surface area contributed by atoms with Crippen molar-refractivity contribution in [3.8, 4) is 23.0 Å². The van der Waals surface area contributed by atoms with Crippen LogP contribution in [0.5, 0.6) is 23.0 Å². The standard InChI is InChI=1S/C35H25N9O15S3.Cu/c1-55-30-17-27(41-43-34-32(61-59-57-51)13-18-12-20(4-9-24(18)35(34)47)37-36-19-2-7-23(45)8-3-19)29(46)16-28(30)42-38-21-5-10-25(31(14-21)60-58-56-50)39-40-26-11-6-22(44(48)49)15-33(26)62(52,53)54;/h2-17,45-47,50-51H,1H3,(H,52,53,54);. The monoisotopic (exact) mass is 970 g/mol. The van der Waals surface area contributed by atoms with Crippen LogP contribution in [0.4, 0.5) is 51.2 Å². The van der Waals surface area contributed by atoms with Crippen molar-refractivity contribution in [3.63, 3.8) is 0 Å². The van der Waals surface area contributed by atoms with Crippen molar-refractivity contribution >= 4 is 96.2 Å². The average Bonchev–Trinajstić information content (AvgIpc) is 3.25. The Morgan fingerprint density at radius 2 is 1.22 bits per heavy atom. The summed E-state index contributed by atoms with van der Waals surface area (Å²) < 4.78 is 47.9. The Morgan fingerprint density at radius 1 is 0.635 bits per heavy atom. The molecule has 6 aromatic rings. The van der Waals surface area contributed by atoms with Gasteiger partial charge < -0.3 is 20.1 Å². The molecule has 6 rings (SSSR count). The molecule has 0 aromatic heterocycles. The first-order chi connectivity index (χ1) is 29.8. The number of methoxy groups -OCH3 is 1. The molecule has 0 aliphatic heterocycles. The second-order valence-electron chi connectivity index (χ2n) is 11.8. The molecule has 329 valence electrons. The largest absolute Gasteiger partial charge is 0.508 e. The van der Waals surface area contributed by atoms with Crippen LogP contribution in [0.25, 0.3) is 10.8 Å². The van der Waals surface area contributed by atoms with Gasteiger partial charge in [-0.2, -0.15) is 23.8 Å². The molecule has 0 heterocycles. The van der Waals surface area contributed by atoms with Gasteiger partial charge in [-0.05, 0) is 78.2 Å². The molecule has 24 nitrogen and oxygen atoms in total. The van der Waals surface area contributed by atoms with Gasteiger partial charge in [0.25, 0.3) is 15.8 Å². The molecule has 0 atom stereocenters. The fourth-order valence-corrected chi connectivity index (χ4v) is 6.72. The van der Waals surface area contributed by atoms with Crippen LogP contribution in [0.1, 0.15) is 0 Å². The number of phenols is 3. The molecule has 0 amide bonds. The van der Waals surface area contributed by atoms with Crippen molar-refractivity contribution in [1.82, 2.24) is 0 Å². The Bertz CT molecular complexity index is 2890. The van der Waals surface area contributed by atoms with Crippen molar-refractivity contribution in [2.75, 3.05) is 7.11 Å². The molecule has 0 fully saturated rings. The van der Waals surface area contributed by atoms with Gasteiger partial charge in [0.1, 0.15) is 50.6 Å². The zero-order chi connectivity index (χ0) is 44.4. The topological polar surface area (TPSA) is 344 Å². The first-order valence-corrected chi connectivity index (χ1v) is 19.6. The quantitative estimate of drug-likeness (QED) is 0.00940. The first kappa shape index (κ1) is 47.5. The van der Waals surface area contributed by atoms with Gasteiger partial charge in [0.2, 0.25) is 0 Å². The molecule has 6 aromatic carbocycles. The van der Waals surface area contributed by atoms with Gasteiger partial charge in [-0.3, -0.25) is 14.7 Å². The summed E-state index contributed by atoms with van der Waals surface area (Å²) in [5.41, 5.74) is -0.324. The number of benzene rings is 6. The molecule has 63 heavy (non-hydrogen) atoms. The third-order valence-corrected chi connectivity index (χ3v) is 10.1. The summed E-state index contributed by atoms with van der Waals surface area (Å²) in [6.07, 6.45) is 0. The van der Waals surface area contributed by atoms with Crippen LogP contribution in [0.15, 0.2) is 153 Å². The van der Waals surface area contributed by atoms with E-state index in [1.807, 2.05) is 0 Å². The molecule has 0 aliphatic rings. The zero-order valence-electron chi connectivity index (χ0n) is 31.1. The Morgan fingerprint density at radius 3 is 1.90 bits per heavy atom. The Kier molecular flexibility index (Phi) is 16.2. The van der Waals surface area contributed by atoms with Crippen LogP contribution >= 0.6 is 24.1 Å². The van der Waals surface area contributed by atoms with E-state index in [9.17, 15) is 38.4 Å². The Balaban J connectivity index is 0.00000748. The molecule has 1 radical (unpaired) electrons. The Labute approximate surface area is 371 Å². The fraction of sp³-hybridized carbons (Fsp3) is 0.0286. The van der Waals surface area contributed by atoms with Crippen molar-refractivity contribution < 1.29 is 84.3 Å². The minimum Gasteiger partial charge on any atom is -0.508 e. The van der Waals surface area contributed by atoms with Gasteiger partial charge in [-0.1, -0.05) is 10.1 Å². The normalized spacial score (nSPS) is 11.9. The first-order valence-electron chi connectivity index (χ1n) is 16.6. The van der Waals surface area contributed by atoms with E-state index >= 15 is 0 Å². The Hall–Kier alpha value is -6.53. The molecule has 28 heteroatoms. The van der Waals surface area contributed by atoms with Crippen molar-refractivity contribution in [2.45, 2.75) is 14.7 Å². The van der Waals surface area contributed by atoms with Gasteiger partial charge in [-0.25, -0.2) is 10.5 Å². The summed E-state index contributed by atoms with van der Waals surface area (Å²) in [7, 11) is -3.65. The number of azo groups is 4. The molecule has 0 aliphatic carbocycles. The second-order valence-corrected chi connectivity index (χ2v) is 14.7. The van der Waals surface area contributed by atoms with Crippen LogP contribution in [0.3, 0.4) is 0 Å². The summed E-state index contributed by atoms with van der Waals surface area (Å²) >= 11 is 0.914. The number of hydrogen-bond acceptors (Lipinski definition) is 24. The predicted molar refractivity (Wildman–Crippen MR) is 216 cm³/mol. The number of non-ortho nitro benzene ring substituents is 1. The van der Waals surface area contributed by atoms with Crippen LogP contribution in [0, 0.1) is 10.1 Å². The van der Waals surface area contributed by atoms with Gasteiger partial charge in [-0.15, -0.1) is 34.2 Å². The van der Waals surface area contributed by atoms with E-state index in [4.69, 9.17) is 15.3 Å². The minimum absolute atomic E-state index is 0. The van der Waals surface area contributed by atoms with Crippen LogP contribution < -0.4 is 4.74 Å². The average molecular weight is 971 g/mol. The molecular formula is C35H25CuN9O15S3. The van der Waals surface area contributed by atoms with Crippen molar-refractivity contribution in [2.24, 2.45) is 40.9 Å². The number of nitro groups is 1. The van der Waals surface area contributed by atoms with E-state index in [1.165, 1.54) is 49.6 Å². The maximum atomic E-state index is 11.9. The van der Waals surface area contributed by atoms with E-state index in [0.717, 1.165) is 18.2 Å². The maximum absolute atomic E-state index is 11.9. The van der Waals surface area contributed by atoms with Gasteiger partial charge >= 0.3 is 0 Å². The third-order valence-electron chi connectivity index (χ3n) is 7.92. The maximum Gasteiger partial charge on any atom is 0.297 e. The van der Waals surface area contributed by atoms with Gasteiger partial charge in [0.15, 0.2) is 5.75 Å². The number of nitrogens with zero attached hydrogens (tertiary/aromatic N) is 9. The number of fused-ring (bicyclic) bond motifs is 1. The van der Waals surface area contributed by atoms with E-state index in [-0.39, 0.29) is 72.5 Å². The SMILES string of the molecule is COc1cc(N=Nc2c(SOOO)cc3cc(N=Nc4ccc(O)cc4)ccc3c2O)c(O)cc1N=Nc1ccc(N=Nc2ccc([N+](=O)[O-])cc2S(=O)(=O)O)c(SOOO)c1.[Cu]. The van der Waals surface area contributed by atoms with Gasteiger partial charge in [0.05, 0.1) is 63.0 Å². The van der Waals surface area contributed by atoms with Crippen molar-refractivity contribution in [3.05, 3.63) is 107 Å². The molecule has 0 unspecified atom stereocenters. The predicted octanol–water partition coefficient (Wildman–Crippen LogP) is 11.6. The van der Waals surface area contributed by atoms with E-state index < -0.39 is 37.1 Å². The number of ether oxygens (including phenoxy) is 1. The number of aromatic hydroxyl groups is 3. The van der Waals surface area contributed by atoms with Gasteiger partial charge in [0, 0.05) is 46.7 Å². The molecule has 0 bridgehead atoms. The molecule has 0 spiro atoms. The number of nitro benzene ring substituents is 1. The molecule has 0 saturated heterocycles. The molecular weight excluding hydrogens is 946 g/mol. The third kappa shape index (κ3) is 12.1. The fourth-order valence-electron chi connectivity index (χ4n) is 5.11. The number of hydrogen-bond donors (Lipinski definition) is 6. The zero-order valence-corrected chi connectivity index (χ0v) is 34.5. The molecule has 0 saturated carbocycles. The van der Waals surface area contributed by atoms with E-state index in [1.54, 1.807) is 30.3 Å². The second kappa shape index (κ2) is 21.5. The van der Waals surface area contributed by atoms with Crippen LogP contribution in [-0.4, -0.2) is 50.8 Å². The smallest absolute Gasteiger partial charge is 0.297 e. The van der Waals surface area contributed by atoms with Crippen LogP contribution in [-0.2, 0) is 45.9 Å². The number of rotatable bonds is 17. The summed E-state index contributed by atoms with van der Waals surface area (Å²) in [6.45, 7) is 0. The van der Waals surface area contributed by atoms with E-state index in [0.29, 0.717) is 52.3 Å². The molecule has 6 N–H and O–H groups in total. The number of phenolic OH excluding ortho intramolecular Hbond substituents is 3. The summed E-state index contributed by atoms with van der Waals surface area (Å²) in [4.78, 5) is 9.57. The summed E-state index contributed by atoms with van der Waals surface area (Å²) in [5, 5.41) is 101. The van der Waals surface area contributed by atoms with Crippen LogP contribution in [0.2, 0.25) is 0 Å². The van der Waals surface area contributed by atoms with Crippen molar-refractivity contribution in [1.29, 1.82) is 0 Å².